The fraction of sp³-hybridized carbons (Fsp3) is 0.379. The summed E-state index contributed by atoms with van der Waals surface area (Å²) in [6.45, 7) is 10.6. The van der Waals surface area contributed by atoms with Crippen LogP contribution in [0.1, 0.15) is 49.3 Å². The Bertz CT molecular complexity index is 1170. The zero-order chi connectivity index (χ0) is 26.2. The van der Waals surface area contributed by atoms with Crippen molar-refractivity contribution in [2.45, 2.75) is 40.8 Å². The first-order chi connectivity index (χ1) is 17.1. The molecule has 7 heteroatoms. The second kappa shape index (κ2) is 13.1. The van der Waals surface area contributed by atoms with E-state index in [2.05, 4.69) is 48.2 Å². The Morgan fingerprint density at radius 3 is 2.28 bits per heavy atom. The van der Waals surface area contributed by atoms with Crippen LogP contribution in [0, 0.1) is 11.8 Å². The van der Waals surface area contributed by atoms with Gasteiger partial charge in [0.2, 0.25) is 5.91 Å². The predicted molar refractivity (Wildman–Crippen MR) is 150 cm³/mol. The number of benzene rings is 2. The smallest absolute Gasteiger partial charge is 0.254 e. The fourth-order valence-corrected chi connectivity index (χ4v) is 4.77. The highest BCUT2D eigenvalue weighted by Crippen LogP contribution is 2.19. The maximum Gasteiger partial charge on any atom is 0.254 e. The number of carbonyl (C=O) groups is 2. The molecule has 0 bridgehead atoms. The fourth-order valence-electron chi connectivity index (χ4n) is 4.18. The number of rotatable bonds is 11. The third kappa shape index (κ3) is 7.97. The van der Waals surface area contributed by atoms with Crippen LogP contribution in [-0.4, -0.2) is 45.8 Å². The van der Waals surface area contributed by atoms with E-state index in [4.69, 9.17) is 11.6 Å². The van der Waals surface area contributed by atoms with Gasteiger partial charge in [0.15, 0.2) is 0 Å². The van der Waals surface area contributed by atoms with E-state index in [-0.39, 0.29) is 24.3 Å². The highest BCUT2D eigenvalue weighted by molar-refractivity contribution is 9.10. The molecular weight excluding hydrogens is 538 g/mol. The number of amides is 2. The molecular formula is C29H35BrClN3O2. The summed E-state index contributed by atoms with van der Waals surface area (Å²) >= 11 is 9.83. The van der Waals surface area contributed by atoms with Gasteiger partial charge in [-0.3, -0.25) is 9.59 Å². The van der Waals surface area contributed by atoms with Gasteiger partial charge in [0.25, 0.3) is 5.91 Å². The predicted octanol–water partition coefficient (Wildman–Crippen LogP) is 6.74. The molecule has 3 aromatic rings. The summed E-state index contributed by atoms with van der Waals surface area (Å²) in [6, 6.07) is 19.1. The van der Waals surface area contributed by atoms with Gasteiger partial charge in [-0.2, -0.15) is 0 Å². The first-order valence-electron chi connectivity index (χ1n) is 12.3. The molecule has 0 saturated carbocycles. The molecule has 0 fully saturated rings. The number of nitrogens with zero attached hydrogens (tertiary/aromatic N) is 3. The summed E-state index contributed by atoms with van der Waals surface area (Å²) in [6.07, 6.45) is 2.01. The van der Waals surface area contributed by atoms with E-state index in [1.54, 1.807) is 17.0 Å². The van der Waals surface area contributed by atoms with Crippen LogP contribution >= 0.6 is 27.5 Å². The SMILES string of the molecule is CC(C)CN(Cc1cccn1Cc1ccccc1Cl)C(=O)CN(CC(C)C)C(=O)c1cccc(Br)c1. The zero-order valence-corrected chi connectivity index (χ0v) is 23.8. The summed E-state index contributed by atoms with van der Waals surface area (Å²) in [5.74, 6) is 0.337. The highest BCUT2D eigenvalue weighted by atomic mass is 79.9. The van der Waals surface area contributed by atoms with Gasteiger partial charge in [-0.25, -0.2) is 0 Å². The normalized spacial score (nSPS) is 11.2. The summed E-state index contributed by atoms with van der Waals surface area (Å²) in [5, 5.41) is 0.725. The number of halogens is 2. The second-order valence-corrected chi connectivity index (χ2v) is 11.3. The summed E-state index contributed by atoms with van der Waals surface area (Å²) < 4.78 is 2.96. The van der Waals surface area contributed by atoms with Crippen molar-refractivity contribution in [2.24, 2.45) is 11.8 Å². The van der Waals surface area contributed by atoms with E-state index in [1.807, 2.05) is 59.6 Å². The van der Waals surface area contributed by atoms with Crippen molar-refractivity contribution in [3.05, 3.63) is 93.2 Å². The molecule has 0 spiro atoms. The van der Waals surface area contributed by atoms with Crippen molar-refractivity contribution in [3.8, 4) is 0 Å². The number of carbonyl (C=O) groups excluding carboxylic acids is 2. The topological polar surface area (TPSA) is 45.6 Å². The van der Waals surface area contributed by atoms with Gasteiger partial charge in [0.05, 0.1) is 6.54 Å². The van der Waals surface area contributed by atoms with Crippen molar-refractivity contribution in [1.82, 2.24) is 14.4 Å². The van der Waals surface area contributed by atoms with Crippen molar-refractivity contribution in [1.29, 1.82) is 0 Å². The van der Waals surface area contributed by atoms with E-state index in [0.717, 1.165) is 20.8 Å². The molecule has 5 nitrogen and oxygen atoms in total. The molecule has 0 N–H and O–H groups in total. The lowest BCUT2D eigenvalue weighted by Gasteiger charge is -2.30. The maximum atomic E-state index is 13.6. The minimum atomic E-state index is -0.134. The molecule has 0 unspecified atom stereocenters. The Morgan fingerprint density at radius 1 is 0.917 bits per heavy atom. The standard InChI is InChI=1S/C29H35BrClN3O2/c1-21(2)16-33(19-26-12-8-14-32(26)18-24-9-5-6-13-27(24)31)28(35)20-34(17-22(3)4)29(36)23-10-7-11-25(30)15-23/h5-15,21-22H,16-20H2,1-4H3. The minimum absolute atomic E-state index is 0.0431. The molecule has 0 aliphatic heterocycles. The number of hydrogen-bond acceptors (Lipinski definition) is 2. The Morgan fingerprint density at radius 2 is 1.61 bits per heavy atom. The van der Waals surface area contributed by atoms with Crippen LogP contribution < -0.4 is 0 Å². The van der Waals surface area contributed by atoms with Gasteiger partial charge in [-0.05, 0) is 53.8 Å². The molecule has 1 aromatic heterocycles. The molecule has 0 saturated heterocycles. The summed E-state index contributed by atoms with van der Waals surface area (Å²) in [5.41, 5.74) is 2.63. The molecule has 0 atom stereocenters. The van der Waals surface area contributed by atoms with Crippen molar-refractivity contribution in [2.75, 3.05) is 19.6 Å². The molecule has 36 heavy (non-hydrogen) atoms. The average Bonchev–Trinajstić information content (AvgIpc) is 3.25. The van der Waals surface area contributed by atoms with Crippen molar-refractivity contribution < 1.29 is 9.59 Å². The van der Waals surface area contributed by atoms with Gasteiger partial charge in [0.1, 0.15) is 6.54 Å². The van der Waals surface area contributed by atoms with Crippen LogP contribution in [-0.2, 0) is 17.9 Å². The van der Waals surface area contributed by atoms with Gasteiger partial charge >= 0.3 is 0 Å². The number of aromatic nitrogens is 1. The lowest BCUT2D eigenvalue weighted by atomic mass is 10.1. The molecule has 0 aliphatic carbocycles. The molecule has 1 heterocycles. The largest absolute Gasteiger partial charge is 0.345 e. The van der Waals surface area contributed by atoms with Crippen LogP contribution in [0.4, 0.5) is 0 Å². The van der Waals surface area contributed by atoms with Crippen LogP contribution in [0.5, 0.6) is 0 Å². The van der Waals surface area contributed by atoms with Crippen molar-refractivity contribution in [3.63, 3.8) is 0 Å². The second-order valence-electron chi connectivity index (χ2n) is 9.98. The molecule has 0 radical (unpaired) electrons. The van der Waals surface area contributed by atoms with Gasteiger partial charge < -0.3 is 14.4 Å². The van der Waals surface area contributed by atoms with Gasteiger partial charge in [0, 0.05) is 46.6 Å². The Labute approximate surface area is 228 Å². The van der Waals surface area contributed by atoms with E-state index in [9.17, 15) is 9.59 Å². The van der Waals surface area contributed by atoms with E-state index in [1.165, 1.54) is 0 Å². The molecule has 0 aliphatic rings. The first kappa shape index (κ1) is 28.0. The Balaban J connectivity index is 1.80. The molecule has 192 valence electrons. The van der Waals surface area contributed by atoms with E-state index < -0.39 is 0 Å². The van der Waals surface area contributed by atoms with Crippen LogP contribution in [0.15, 0.2) is 71.3 Å². The zero-order valence-electron chi connectivity index (χ0n) is 21.5. The van der Waals surface area contributed by atoms with Crippen LogP contribution in [0.25, 0.3) is 0 Å². The van der Waals surface area contributed by atoms with Crippen LogP contribution in [0.3, 0.4) is 0 Å². The summed E-state index contributed by atoms with van der Waals surface area (Å²) in [4.78, 5) is 30.5. The minimum Gasteiger partial charge on any atom is -0.345 e. The third-order valence-electron chi connectivity index (χ3n) is 5.78. The third-order valence-corrected chi connectivity index (χ3v) is 6.65. The Kier molecular flexibility index (Phi) is 10.2. The van der Waals surface area contributed by atoms with E-state index in [0.29, 0.717) is 37.7 Å². The van der Waals surface area contributed by atoms with Crippen LogP contribution in [0.2, 0.25) is 5.02 Å². The van der Waals surface area contributed by atoms with Gasteiger partial charge in [-0.1, -0.05) is 79.5 Å². The molecule has 3 rings (SSSR count). The van der Waals surface area contributed by atoms with Gasteiger partial charge in [-0.15, -0.1) is 0 Å². The molecule has 2 aromatic carbocycles. The highest BCUT2D eigenvalue weighted by Gasteiger charge is 2.24. The molecule has 2 amide bonds. The number of hydrogen-bond donors (Lipinski definition) is 0. The first-order valence-corrected chi connectivity index (χ1v) is 13.5. The monoisotopic (exact) mass is 571 g/mol. The van der Waals surface area contributed by atoms with E-state index >= 15 is 0 Å². The van der Waals surface area contributed by atoms with Crippen molar-refractivity contribution >= 4 is 39.3 Å². The maximum absolute atomic E-state index is 13.6. The summed E-state index contributed by atoms with van der Waals surface area (Å²) in [7, 11) is 0. The Hall–Kier alpha value is -2.57. The average molecular weight is 573 g/mol. The quantitative estimate of drug-likeness (QED) is 0.256. The lowest BCUT2D eigenvalue weighted by molar-refractivity contribution is -0.133. The lowest BCUT2D eigenvalue weighted by Crippen LogP contribution is -2.45.